The van der Waals surface area contributed by atoms with Gasteiger partial charge in [-0.2, -0.15) is 0 Å². The van der Waals surface area contributed by atoms with E-state index in [0.29, 0.717) is 36.8 Å². The van der Waals surface area contributed by atoms with E-state index in [0.717, 1.165) is 17.5 Å². The largest absolute Gasteiger partial charge is 0.481 e. The number of carbonyl (C=O) groups excluding carboxylic acids is 1. The molecule has 0 bridgehead atoms. The van der Waals surface area contributed by atoms with Gasteiger partial charge in [0.05, 0.1) is 32.4 Å². The lowest BCUT2D eigenvalue weighted by Crippen LogP contribution is -2.43. The Balaban J connectivity index is 2.00. The summed E-state index contributed by atoms with van der Waals surface area (Å²) in [4.78, 5) is 40.4. The third kappa shape index (κ3) is 6.52. The van der Waals surface area contributed by atoms with Crippen molar-refractivity contribution < 1.29 is 19.4 Å². The van der Waals surface area contributed by atoms with Crippen LogP contribution in [0, 0.1) is 0 Å². The van der Waals surface area contributed by atoms with Crippen molar-refractivity contribution in [2.45, 2.75) is 32.9 Å². The molecule has 1 amide bonds. The molecule has 35 heavy (non-hydrogen) atoms. The van der Waals surface area contributed by atoms with Crippen molar-refractivity contribution in [2.24, 2.45) is 0 Å². The van der Waals surface area contributed by atoms with Gasteiger partial charge in [0.15, 0.2) is 11.5 Å². The smallest absolute Gasteiger partial charge is 0.294 e. The van der Waals surface area contributed by atoms with Gasteiger partial charge >= 0.3 is 0 Å². The molecule has 2 N–H and O–H groups in total. The Labute approximate surface area is 203 Å². The number of aromatic nitrogens is 4. The highest BCUT2D eigenvalue weighted by molar-refractivity contribution is 5.82. The quantitative estimate of drug-likeness (QED) is 0.364. The second-order valence-electron chi connectivity index (χ2n) is 8.17. The molecule has 3 heterocycles. The van der Waals surface area contributed by atoms with E-state index < -0.39 is 0 Å². The fourth-order valence-electron chi connectivity index (χ4n) is 3.47. The third-order valence-corrected chi connectivity index (χ3v) is 5.30. The fourth-order valence-corrected chi connectivity index (χ4v) is 3.47. The maximum Gasteiger partial charge on any atom is 0.294 e. The SMILES string of the molecule is CCCOCCn1c(=O)c(N(C)CC(=O)N[C@H](C)CO)nc2ncc(-c3ccc(OC)nc3)cc21. The Morgan fingerprint density at radius 3 is 2.66 bits per heavy atom. The molecule has 188 valence electrons. The summed E-state index contributed by atoms with van der Waals surface area (Å²) < 4.78 is 12.3. The van der Waals surface area contributed by atoms with Gasteiger partial charge in [0, 0.05) is 55.8 Å². The molecule has 0 aromatic carbocycles. The molecule has 3 aromatic heterocycles. The van der Waals surface area contributed by atoms with Gasteiger partial charge in [0.1, 0.15) is 0 Å². The summed E-state index contributed by atoms with van der Waals surface area (Å²) in [6.07, 6.45) is 4.22. The number of hydrogen-bond acceptors (Lipinski definition) is 9. The molecule has 0 spiro atoms. The van der Waals surface area contributed by atoms with E-state index in [-0.39, 0.29) is 36.5 Å². The van der Waals surface area contributed by atoms with Gasteiger partial charge in [-0.15, -0.1) is 0 Å². The zero-order valence-electron chi connectivity index (χ0n) is 20.5. The third-order valence-electron chi connectivity index (χ3n) is 5.30. The van der Waals surface area contributed by atoms with Crippen LogP contribution in [0.15, 0.2) is 35.4 Å². The number of carbonyl (C=O) groups is 1. The van der Waals surface area contributed by atoms with Gasteiger partial charge in [0.25, 0.3) is 5.56 Å². The second-order valence-corrected chi connectivity index (χ2v) is 8.17. The Bertz CT molecular complexity index is 1200. The van der Waals surface area contributed by atoms with Crippen molar-refractivity contribution >= 4 is 22.9 Å². The Hall–Kier alpha value is -3.57. The lowest BCUT2D eigenvalue weighted by molar-refractivity contribution is -0.120. The number of likely N-dealkylation sites (N-methyl/N-ethyl adjacent to an activating group) is 1. The van der Waals surface area contributed by atoms with Crippen LogP contribution in [0.2, 0.25) is 0 Å². The van der Waals surface area contributed by atoms with Gasteiger partial charge in [-0.05, 0) is 25.5 Å². The molecular formula is C24H32N6O5. The lowest BCUT2D eigenvalue weighted by Gasteiger charge is -2.20. The number of fused-ring (bicyclic) bond motifs is 1. The first kappa shape index (κ1) is 26.0. The van der Waals surface area contributed by atoms with E-state index in [4.69, 9.17) is 14.6 Å². The van der Waals surface area contributed by atoms with Crippen molar-refractivity contribution in [2.75, 3.05) is 45.4 Å². The maximum absolute atomic E-state index is 13.5. The number of rotatable bonds is 12. The Morgan fingerprint density at radius 1 is 1.23 bits per heavy atom. The zero-order chi connectivity index (χ0) is 25.4. The van der Waals surface area contributed by atoms with E-state index in [9.17, 15) is 9.59 Å². The highest BCUT2D eigenvalue weighted by atomic mass is 16.5. The van der Waals surface area contributed by atoms with Crippen LogP contribution in [0.1, 0.15) is 20.3 Å². The van der Waals surface area contributed by atoms with Gasteiger partial charge in [-0.1, -0.05) is 6.92 Å². The van der Waals surface area contributed by atoms with E-state index in [1.165, 1.54) is 4.90 Å². The molecule has 0 aliphatic rings. The van der Waals surface area contributed by atoms with Crippen LogP contribution in [0.5, 0.6) is 5.88 Å². The van der Waals surface area contributed by atoms with Crippen LogP contribution in [-0.2, 0) is 16.1 Å². The van der Waals surface area contributed by atoms with E-state index in [1.807, 2.05) is 19.1 Å². The molecule has 0 radical (unpaired) electrons. The normalized spacial score (nSPS) is 11.9. The van der Waals surface area contributed by atoms with Crippen LogP contribution in [0.3, 0.4) is 0 Å². The van der Waals surface area contributed by atoms with Crippen molar-refractivity contribution in [1.82, 2.24) is 24.8 Å². The summed E-state index contributed by atoms with van der Waals surface area (Å²) in [5.41, 5.74) is 2.16. The maximum atomic E-state index is 13.5. The molecule has 0 fully saturated rings. The molecule has 0 saturated carbocycles. The summed E-state index contributed by atoms with van der Waals surface area (Å²) in [7, 11) is 3.17. The minimum Gasteiger partial charge on any atom is -0.481 e. The van der Waals surface area contributed by atoms with E-state index >= 15 is 0 Å². The second kappa shape index (κ2) is 12.2. The van der Waals surface area contributed by atoms with Gasteiger partial charge in [-0.25, -0.2) is 15.0 Å². The number of aliphatic hydroxyl groups is 1. The highest BCUT2D eigenvalue weighted by Gasteiger charge is 2.19. The number of ether oxygens (including phenoxy) is 2. The predicted octanol–water partition coefficient (Wildman–Crippen LogP) is 1.22. The van der Waals surface area contributed by atoms with Crippen molar-refractivity contribution in [3.05, 3.63) is 40.9 Å². The summed E-state index contributed by atoms with van der Waals surface area (Å²) in [5.74, 6) is 0.272. The van der Waals surface area contributed by atoms with Crippen LogP contribution in [0.4, 0.5) is 5.82 Å². The lowest BCUT2D eigenvalue weighted by atomic mass is 10.1. The molecule has 3 rings (SSSR count). The molecule has 0 saturated heterocycles. The highest BCUT2D eigenvalue weighted by Crippen LogP contribution is 2.23. The van der Waals surface area contributed by atoms with Crippen molar-refractivity contribution in [1.29, 1.82) is 0 Å². The first-order valence-corrected chi connectivity index (χ1v) is 11.5. The first-order valence-electron chi connectivity index (χ1n) is 11.5. The van der Waals surface area contributed by atoms with Crippen LogP contribution in [0.25, 0.3) is 22.3 Å². The van der Waals surface area contributed by atoms with Crippen molar-refractivity contribution in [3.63, 3.8) is 0 Å². The van der Waals surface area contributed by atoms with Gasteiger partial charge in [-0.3, -0.25) is 14.2 Å². The minimum absolute atomic E-state index is 0.0972. The predicted molar refractivity (Wildman–Crippen MR) is 133 cm³/mol. The molecular weight excluding hydrogens is 452 g/mol. The summed E-state index contributed by atoms with van der Waals surface area (Å²) >= 11 is 0. The fraction of sp³-hybridized carbons (Fsp3) is 0.458. The molecule has 1 atom stereocenters. The molecule has 11 nitrogen and oxygen atoms in total. The molecule has 3 aromatic rings. The van der Waals surface area contributed by atoms with Crippen LogP contribution >= 0.6 is 0 Å². The minimum atomic E-state index is -0.389. The number of aliphatic hydroxyl groups excluding tert-OH is 1. The Kier molecular flexibility index (Phi) is 9.10. The zero-order valence-corrected chi connectivity index (χ0v) is 20.5. The number of amides is 1. The monoisotopic (exact) mass is 484 g/mol. The van der Waals surface area contributed by atoms with Gasteiger partial charge in [0.2, 0.25) is 11.8 Å². The number of nitrogens with one attached hydrogen (secondary N) is 1. The van der Waals surface area contributed by atoms with Crippen molar-refractivity contribution in [3.8, 4) is 17.0 Å². The van der Waals surface area contributed by atoms with E-state index in [2.05, 4.69) is 20.3 Å². The number of anilines is 1. The van der Waals surface area contributed by atoms with Crippen LogP contribution in [-0.4, -0.2) is 77.1 Å². The molecule has 0 unspecified atom stereocenters. The number of nitrogens with zero attached hydrogens (tertiary/aromatic N) is 5. The summed E-state index contributed by atoms with van der Waals surface area (Å²) in [6, 6.07) is 5.08. The van der Waals surface area contributed by atoms with Gasteiger partial charge < -0.3 is 24.8 Å². The molecule has 0 aliphatic heterocycles. The standard InChI is InChI=1S/C24H32N6O5/c1-5-9-35-10-8-30-19-11-18(17-6-7-21(34-4)25-12-17)13-26-22(19)28-23(24(30)33)29(3)14-20(32)27-16(2)15-31/h6-7,11-13,16,31H,5,8-10,14-15H2,1-4H3,(H,27,32)/t16-/m1/s1. The topological polar surface area (TPSA) is 132 Å². The summed E-state index contributed by atoms with van der Waals surface area (Å²) in [5, 5.41) is 11.8. The van der Waals surface area contributed by atoms with Crippen LogP contribution < -0.4 is 20.5 Å². The Morgan fingerprint density at radius 2 is 2.00 bits per heavy atom. The van der Waals surface area contributed by atoms with E-state index in [1.54, 1.807) is 44.1 Å². The molecule has 0 aliphatic carbocycles. The molecule has 11 heteroatoms. The number of hydrogen-bond donors (Lipinski definition) is 2. The average molecular weight is 485 g/mol. The summed E-state index contributed by atoms with van der Waals surface area (Å²) in [6.45, 7) is 4.68. The number of pyridine rings is 2. The average Bonchev–Trinajstić information content (AvgIpc) is 2.86. The number of methoxy groups -OCH3 is 1. The first-order chi connectivity index (χ1) is 16.9.